The van der Waals surface area contributed by atoms with Crippen LogP contribution in [-0.2, 0) is 16.1 Å². The summed E-state index contributed by atoms with van der Waals surface area (Å²) in [6.07, 6.45) is 2.61. The van der Waals surface area contributed by atoms with Gasteiger partial charge in [-0.1, -0.05) is 13.8 Å². The monoisotopic (exact) mass is 382 g/mol. The molecule has 0 bridgehead atoms. The molecule has 8 nitrogen and oxygen atoms in total. The van der Waals surface area contributed by atoms with Gasteiger partial charge >= 0.3 is 11.9 Å². The molecule has 0 amide bonds. The average molecular weight is 383 g/mol. The highest BCUT2D eigenvalue weighted by Crippen LogP contribution is 2.26. The predicted octanol–water partition coefficient (Wildman–Crippen LogP) is 2.23. The molecular formula is C14H15BrN4O4. The highest BCUT2D eigenvalue weighted by atomic mass is 79.9. The predicted molar refractivity (Wildman–Crippen MR) is 82.9 cm³/mol. The van der Waals surface area contributed by atoms with Gasteiger partial charge in [-0.25, -0.2) is 14.6 Å². The molecule has 9 heteroatoms. The number of aromatic nitrogens is 4. The Bertz CT molecular complexity index is 712. The minimum atomic E-state index is -0.584. The summed E-state index contributed by atoms with van der Waals surface area (Å²) in [6.45, 7) is 3.88. The van der Waals surface area contributed by atoms with Crippen LogP contribution < -0.4 is 0 Å². The van der Waals surface area contributed by atoms with Crippen LogP contribution in [0, 0.1) is 0 Å². The van der Waals surface area contributed by atoms with Crippen molar-refractivity contribution in [2.75, 3.05) is 7.11 Å². The second-order valence-corrected chi connectivity index (χ2v) is 5.71. The first kappa shape index (κ1) is 17.1. The Morgan fingerprint density at radius 1 is 1.26 bits per heavy atom. The molecule has 0 aliphatic rings. The number of rotatable bonds is 5. The smallest absolute Gasteiger partial charge is 0.360 e. The lowest BCUT2D eigenvalue weighted by atomic mass is 10.1. The molecule has 0 fully saturated rings. The van der Waals surface area contributed by atoms with Crippen molar-refractivity contribution in [1.29, 1.82) is 0 Å². The van der Waals surface area contributed by atoms with Gasteiger partial charge in [0.05, 0.1) is 35.4 Å². The van der Waals surface area contributed by atoms with Crippen LogP contribution in [0.3, 0.4) is 0 Å². The Hall–Kier alpha value is -2.29. The first-order chi connectivity index (χ1) is 10.9. The molecule has 122 valence electrons. The molecule has 2 heterocycles. The third kappa shape index (κ3) is 3.92. The second-order valence-electron chi connectivity index (χ2n) is 4.92. The van der Waals surface area contributed by atoms with E-state index < -0.39 is 11.9 Å². The lowest BCUT2D eigenvalue weighted by Gasteiger charge is -2.04. The number of hydrogen-bond acceptors (Lipinski definition) is 7. The van der Waals surface area contributed by atoms with Crippen LogP contribution in [0.1, 0.15) is 52.1 Å². The number of carbonyl (C=O) groups excluding carboxylic acids is 2. The van der Waals surface area contributed by atoms with E-state index in [1.807, 2.05) is 13.8 Å². The second kappa shape index (κ2) is 7.32. The molecule has 0 spiro atoms. The van der Waals surface area contributed by atoms with E-state index in [4.69, 9.17) is 4.74 Å². The van der Waals surface area contributed by atoms with E-state index in [0.717, 1.165) is 5.69 Å². The Balaban J connectivity index is 2.00. The Labute approximate surface area is 140 Å². The molecule has 0 aliphatic heterocycles. The maximum Gasteiger partial charge on any atom is 0.360 e. The van der Waals surface area contributed by atoms with Crippen LogP contribution in [0.4, 0.5) is 0 Å². The van der Waals surface area contributed by atoms with Crippen molar-refractivity contribution in [3.05, 3.63) is 39.6 Å². The van der Waals surface area contributed by atoms with Crippen LogP contribution >= 0.6 is 15.9 Å². The van der Waals surface area contributed by atoms with Gasteiger partial charge in [0.1, 0.15) is 6.61 Å². The highest BCUT2D eigenvalue weighted by molar-refractivity contribution is 9.10. The fourth-order valence-electron chi connectivity index (χ4n) is 1.71. The van der Waals surface area contributed by atoms with Gasteiger partial charge in [0.25, 0.3) is 0 Å². The number of nitrogens with zero attached hydrogens (tertiary/aromatic N) is 3. The van der Waals surface area contributed by atoms with Crippen molar-refractivity contribution < 1.29 is 19.1 Å². The molecule has 2 aromatic rings. The van der Waals surface area contributed by atoms with Gasteiger partial charge < -0.3 is 9.47 Å². The molecule has 0 saturated carbocycles. The van der Waals surface area contributed by atoms with Gasteiger partial charge in [-0.3, -0.25) is 10.1 Å². The number of aromatic amines is 1. The van der Waals surface area contributed by atoms with Crippen molar-refractivity contribution >= 4 is 27.9 Å². The highest BCUT2D eigenvalue weighted by Gasteiger charge is 2.20. The van der Waals surface area contributed by atoms with Crippen LogP contribution in [0.15, 0.2) is 16.9 Å². The first-order valence-corrected chi connectivity index (χ1v) is 7.53. The van der Waals surface area contributed by atoms with Crippen LogP contribution in [-0.4, -0.2) is 39.2 Å². The maximum absolute atomic E-state index is 12.0. The molecular weight excluding hydrogens is 368 g/mol. The Morgan fingerprint density at radius 3 is 2.52 bits per heavy atom. The third-order valence-electron chi connectivity index (χ3n) is 2.95. The number of carbonyl (C=O) groups is 2. The molecule has 0 radical (unpaired) electrons. The van der Waals surface area contributed by atoms with Gasteiger partial charge in [-0.15, -0.1) is 0 Å². The maximum atomic E-state index is 12.0. The lowest BCUT2D eigenvalue weighted by Crippen LogP contribution is -2.09. The molecule has 2 aromatic heterocycles. The number of hydrogen-bond donors (Lipinski definition) is 1. The van der Waals surface area contributed by atoms with Gasteiger partial charge in [0.15, 0.2) is 11.4 Å². The van der Waals surface area contributed by atoms with Crippen molar-refractivity contribution in [2.24, 2.45) is 0 Å². The SMILES string of the molecule is COC(=O)c1cnc(COC(=O)c2n[nH]c(C(C)C)c2Br)cn1. The number of methoxy groups -OCH3 is 1. The van der Waals surface area contributed by atoms with Crippen molar-refractivity contribution in [1.82, 2.24) is 20.2 Å². The van der Waals surface area contributed by atoms with Gasteiger partial charge in [-0.05, 0) is 21.8 Å². The summed E-state index contributed by atoms with van der Waals surface area (Å²) in [7, 11) is 1.26. The van der Waals surface area contributed by atoms with E-state index in [-0.39, 0.29) is 23.9 Å². The summed E-state index contributed by atoms with van der Waals surface area (Å²) < 4.78 is 10.3. The number of esters is 2. The molecule has 1 N–H and O–H groups in total. The molecule has 0 unspecified atom stereocenters. The molecule has 23 heavy (non-hydrogen) atoms. The zero-order valence-electron chi connectivity index (χ0n) is 12.8. The van der Waals surface area contributed by atoms with E-state index in [9.17, 15) is 9.59 Å². The van der Waals surface area contributed by atoms with E-state index in [1.54, 1.807) is 0 Å². The number of nitrogens with one attached hydrogen (secondary N) is 1. The summed E-state index contributed by atoms with van der Waals surface area (Å²) in [4.78, 5) is 31.2. The zero-order valence-corrected chi connectivity index (χ0v) is 14.4. The minimum absolute atomic E-state index is 0.0798. The van der Waals surface area contributed by atoms with Crippen molar-refractivity contribution in [3.8, 4) is 0 Å². The fraction of sp³-hybridized carbons (Fsp3) is 0.357. The molecule has 0 aromatic carbocycles. The van der Waals surface area contributed by atoms with E-state index in [1.165, 1.54) is 19.5 Å². The van der Waals surface area contributed by atoms with Crippen LogP contribution in [0.25, 0.3) is 0 Å². The topological polar surface area (TPSA) is 107 Å². The fourth-order valence-corrected chi connectivity index (χ4v) is 2.50. The van der Waals surface area contributed by atoms with E-state index in [0.29, 0.717) is 10.2 Å². The molecule has 0 saturated heterocycles. The van der Waals surface area contributed by atoms with Crippen molar-refractivity contribution in [3.63, 3.8) is 0 Å². The Kier molecular flexibility index (Phi) is 5.43. The molecule has 2 rings (SSSR count). The summed E-state index contributed by atoms with van der Waals surface area (Å²) in [5, 5.41) is 6.76. The van der Waals surface area contributed by atoms with Gasteiger partial charge in [0.2, 0.25) is 0 Å². The van der Waals surface area contributed by atoms with Crippen molar-refractivity contribution in [2.45, 2.75) is 26.4 Å². The van der Waals surface area contributed by atoms with Crippen LogP contribution in [0.2, 0.25) is 0 Å². The summed E-state index contributed by atoms with van der Waals surface area (Å²) in [6, 6.07) is 0. The number of ether oxygens (including phenoxy) is 2. The minimum Gasteiger partial charge on any atom is -0.464 e. The standard InChI is InChI=1S/C14H15BrN4O4/c1-7(2)11-10(15)12(19-18-11)14(21)23-6-8-4-17-9(5-16-8)13(20)22-3/h4-5,7H,6H2,1-3H3,(H,18,19). The van der Waals surface area contributed by atoms with E-state index in [2.05, 4.69) is 40.8 Å². The number of H-pyrrole nitrogens is 1. The van der Waals surface area contributed by atoms with E-state index >= 15 is 0 Å². The van der Waals surface area contributed by atoms with Gasteiger partial charge in [-0.2, -0.15) is 5.10 Å². The van der Waals surface area contributed by atoms with Crippen LogP contribution in [0.5, 0.6) is 0 Å². The summed E-state index contributed by atoms with van der Waals surface area (Å²) in [5.74, 6) is -0.975. The number of halogens is 1. The van der Waals surface area contributed by atoms with Gasteiger partial charge in [0, 0.05) is 0 Å². The quantitative estimate of drug-likeness (QED) is 0.789. The average Bonchev–Trinajstić information content (AvgIpc) is 2.94. The first-order valence-electron chi connectivity index (χ1n) is 6.74. The lowest BCUT2D eigenvalue weighted by molar-refractivity contribution is 0.0457. The summed E-state index contributed by atoms with van der Waals surface area (Å²) >= 11 is 3.34. The largest absolute Gasteiger partial charge is 0.464 e. The Morgan fingerprint density at radius 2 is 2.00 bits per heavy atom. The molecule has 0 atom stereocenters. The zero-order chi connectivity index (χ0) is 17.0. The third-order valence-corrected chi connectivity index (χ3v) is 3.76. The normalized spacial score (nSPS) is 10.7. The molecule has 0 aliphatic carbocycles. The summed E-state index contributed by atoms with van der Waals surface area (Å²) in [5.41, 5.74) is 1.48.